The number of carboxylic acid groups (broad SMARTS) is 1. The third-order valence-corrected chi connectivity index (χ3v) is 6.36. The maximum absolute atomic E-state index is 13.3. The van der Waals surface area contributed by atoms with Crippen molar-refractivity contribution in [2.75, 3.05) is 6.54 Å². The molecule has 43 heavy (non-hydrogen) atoms. The first-order valence-electron chi connectivity index (χ1n) is 13.3. The molecule has 2 aromatic rings. The van der Waals surface area contributed by atoms with Crippen LogP contribution in [0.2, 0.25) is 0 Å². The topological polar surface area (TPSA) is 317 Å². The van der Waals surface area contributed by atoms with Gasteiger partial charge in [0.15, 0.2) is 5.96 Å². The highest BCUT2D eigenvalue weighted by Crippen LogP contribution is 2.19. The van der Waals surface area contributed by atoms with Crippen LogP contribution >= 0.6 is 0 Å². The molecule has 0 aliphatic rings. The second-order valence-corrected chi connectivity index (χ2v) is 9.82. The van der Waals surface area contributed by atoms with Crippen LogP contribution in [0, 0.1) is 0 Å². The largest absolute Gasteiger partial charge is 0.480 e. The van der Waals surface area contributed by atoms with Gasteiger partial charge in [0.25, 0.3) is 0 Å². The molecule has 0 saturated heterocycles. The molecule has 4 atom stereocenters. The Balaban J connectivity index is 2.24. The molecule has 0 fully saturated rings. The average Bonchev–Trinajstić information content (AvgIpc) is 3.33. The Labute approximate surface area is 246 Å². The van der Waals surface area contributed by atoms with E-state index in [0.717, 1.165) is 10.9 Å². The lowest BCUT2D eigenvalue weighted by molar-refractivity contribution is -0.142. The van der Waals surface area contributed by atoms with Gasteiger partial charge in [0.2, 0.25) is 29.5 Å². The number of nitrogens with zero attached hydrogens (tertiary/aromatic N) is 1. The van der Waals surface area contributed by atoms with Gasteiger partial charge in [-0.2, -0.15) is 0 Å². The van der Waals surface area contributed by atoms with Crippen molar-refractivity contribution in [2.45, 2.75) is 62.7 Å². The quantitative estimate of drug-likeness (QED) is 0.0462. The van der Waals surface area contributed by atoms with E-state index in [4.69, 9.17) is 28.7 Å². The molecule has 0 bridgehead atoms. The van der Waals surface area contributed by atoms with Crippen molar-refractivity contribution < 1.29 is 33.9 Å². The normalized spacial score (nSPS) is 13.6. The molecule has 0 radical (unpaired) electrons. The summed E-state index contributed by atoms with van der Waals surface area (Å²) in [6, 6.07) is 1.84. The zero-order chi connectivity index (χ0) is 32.1. The fourth-order valence-corrected chi connectivity index (χ4v) is 4.18. The monoisotopic (exact) mass is 602 g/mol. The van der Waals surface area contributed by atoms with Crippen LogP contribution in [0.4, 0.5) is 0 Å². The molecule has 5 amide bonds. The Morgan fingerprint density at radius 2 is 1.44 bits per heavy atom. The minimum Gasteiger partial charge on any atom is -0.480 e. The van der Waals surface area contributed by atoms with E-state index >= 15 is 0 Å². The van der Waals surface area contributed by atoms with E-state index in [1.807, 2.05) is 18.2 Å². The molecular formula is C26H38N10O7. The van der Waals surface area contributed by atoms with Gasteiger partial charge in [-0.3, -0.25) is 29.0 Å². The number of nitrogens with one attached hydrogen (secondary N) is 4. The average molecular weight is 603 g/mol. The summed E-state index contributed by atoms with van der Waals surface area (Å²) in [6.45, 7) is 0.101. The highest BCUT2D eigenvalue weighted by Gasteiger charge is 2.31. The molecule has 2 rings (SSSR count). The van der Waals surface area contributed by atoms with E-state index in [2.05, 4.69) is 25.9 Å². The Bertz CT molecular complexity index is 1350. The summed E-state index contributed by atoms with van der Waals surface area (Å²) in [6.07, 6.45) is 0.709. The van der Waals surface area contributed by atoms with Crippen LogP contribution in [-0.4, -0.2) is 82.3 Å². The van der Waals surface area contributed by atoms with Crippen molar-refractivity contribution in [1.82, 2.24) is 20.9 Å². The number of carbonyl (C=O) groups is 6. The van der Waals surface area contributed by atoms with Crippen LogP contribution < -0.4 is 44.6 Å². The highest BCUT2D eigenvalue weighted by atomic mass is 16.4. The number of aromatic amines is 1. The zero-order valence-electron chi connectivity index (χ0n) is 23.4. The maximum atomic E-state index is 13.3. The Morgan fingerprint density at radius 1 is 0.837 bits per heavy atom. The Hall–Kier alpha value is -5.19. The van der Waals surface area contributed by atoms with Crippen molar-refractivity contribution in [3.8, 4) is 0 Å². The van der Waals surface area contributed by atoms with Crippen LogP contribution in [0.25, 0.3) is 10.9 Å². The summed E-state index contributed by atoms with van der Waals surface area (Å²) in [7, 11) is 0. The molecule has 17 nitrogen and oxygen atoms in total. The van der Waals surface area contributed by atoms with Gasteiger partial charge in [-0.25, -0.2) is 4.79 Å². The molecule has 0 aliphatic carbocycles. The molecule has 0 aliphatic heterocycles. The predicted molar refractivity (Wildman–Crippen MR) is 156 cm³/mol. The van der Waals surface area contributed by atoms with Crippen molar-refractivity contribution in [3.05, 3.63) is 36.0 Å². The molecule has 0 spiro atoms. The second-order valence-electron chi connectivity index (χ2n) is 9.82. The van der Waals surface area contributed by atoms with Crippen molar-refractivity contribution >= 4 is 52.4 Å². The summed E-state index contributed by atoms with van der Waals surface area (Å²) in [5.74, 6) is -5.71. The first-order valence-corrected chi connectivity index (χ1v) is 13.3. The number of carboxylic acids is 1. The number of fused-ring (bicyclic) bond motifs is 1. The summed E-state index contributed by atoms with van der Waals surface area (Å²) in [5.41, 5.74) is 28.1. The van der Waals surface area contributed by atoms with E-state index in [1.165, 1.54) is 0 Å². The molecule has 1 aromatic carbocycles. The van der Waals surface area contributed by atoms with Gasteiger partial charge in [-0.05, 0) is 30.9 Å². The van der Waals surface area contributed by atoms with Gasteiger partial charge in [-0.15, -0.1) is 0 Å². The summed E-state index contributed by atoms with van der Waals surface area (Å²) >= 11 is 0. The second kappa shape index (κ2) is 16.3. The lowest BCUT2D eigenvalue weighted by Crippen LogP contribution is -2.57. The van der Waals surface area contributed by atoms with Crippen LogP contribution in [0.3, 0.4) is 0 Å². The first kappa shape index (κ1) is 34.0. The van der Waals surface area contributed by atoms with Gasteiger partial charge >= 0.3 is 5.97 Å². The minimum absolute atomic E-state index is 0.0224. The van der Waals surface area contributed by atoms with E-state index in [-0.39, 0.29) is 44.6 Å². The fourth-order valence-electron chi connectivity index (χ4n) is 4.18. The lowest BCUT2D eigenvalue weighted by Gasteiger charge is -2.25. The van der Waals surface area contributed by atoms with Gasteiger partial charge < -0.3 is 54.7 Å². The molecule has 4 unspecified atom stereocenters. The number of hydrogen-bond acceptors (Lipinski definition) is 8. The highest BCUT2D eigenvalue weighted by molar-refractivity contribution is 5.95. The number of benzene rings is 1. The number of H-pyrrole nitrogens is 1. The number of hydrogen-bond donors (Lipinski definition) is 10. The van der Waals surface area contributed by atoms with Crippen LogP contribution in [0.1, 0.15) is 37.7 Å². The molecular weight excluding hydrogens is 564 g/mol. The third kappa shape index (κ3) is 11.3. The number of carbonyl (C=O) groups excluding carboxylic acids is 5. The number of rotatable bonds is 18. The Kier molecular flexibility index (Phi) is 12.9. The Morgan fingerprint density at radius 3 is 2.05 bits per heavy atom. The van der Waals surface area contributed by atoms with E-state index in [0.29, 0.717) is 5.56 Å². The molecule has 15 N–H and O–H groups in total. The minimum atomic E-state index is -1.38. The van der Waals surface area contributed by atoms with Crippen LogP contribution in [-0.2, 0) is 35.2 Å². The SMILES string of the molecule is NC(=O)CCC(NC(=O)C(N)CC(N)=O)C(=O)NC(CCCN=C(N)N)C(=O)NC(Cc1c[nH]c2ccccc12)C(=O)O. The standard InChI is InChI=1S/C26H38N10O7/c27-15(11-21(29)38)22(39)34-18(7-8-20(28)37)24(41)35-17(6-3-9-32-26(30)31)23(40)36-19(25(42)43)10-13-12-33-16-5-2-1-4-14(13)16/h1-2,4-5,12,15,17-19,33H,3,6-11,27H2,(H2,28,37)(H2,29,38)(H,34,39)(H,35,41)(H,36,40)(H,42,43)(H4,30,31,32). The number of para-hydroxylation sites is 1. The maximum Gasteiger partial charge on any atom is 0.326 e. The lowest BCUT2D eigenvalue weighted by atomic mass is 10.0. The number of guanidine groups is 1. The van der Waals surface area contributed by atoms with Crippen molar-refractivity contribution in [1.29, 1.82) is 0 Å². The number of nitrogens with two attached hydrogens (primary N) is 5. The van der Waals surface area contributed by atoms with E-state index in [9.17, 15) is 33.9 Å². The van der Waals surface area contributed by atoms with Crippen molar-refractivity contribution in [2.24, 2.45) is 33.7 Å². The van der Waals surface area contributed by atoms with Gasteiger partial charge in [-0.1, -0.05) is 18.2 Å². The number of aliphatic imine (C=N–C) groups is 1. The summed E-state index contributed by atoms with van der Waals surface area (Å²) in [4.78, 5) is 80.6. The van der Waals surface area contributed by atoms with Gasteiger partial charge in [0.05, 0.1) is 12.5 Å². The number of primary amides is 2. The molecule has 17 heteroatoms. The van der Waals surface area contributed by atoms with E-state index in [1.54, 1.807) is 12.3 Å². The summed E-state index contributed by atoms with van der Waals surface area (Å²) < 4.78 is 0. The molecule has 1 aromatic heterocycles. The van der Waals surface area contributed by atoms with Crippen molar-refractivity contribution in [3.63, 3.8) is 0 Å². The first-order chi connectivity index (χ1) is 20.3. The molecule has 1 heterocycles. The van der Waals surface area contributed by atoms with Crippen LogP contribution in [0.15, 0.2) is 35.5 Å². The molecule has 234 valence electrons. The number of amides is 5. The predicted octanol–water partition coefficient (Wildman–Crippen LogP) is -3.23. The number of aromatic nitrogens is 1. The fraction of sp³-hybridized carbons (Fsp3) is 0.423. The molecule has 0 saturated carbocycles. The summed E-state index contributed by atoms with van der Waals surface area (Å²) in [5, 5.41) is 17.9. The van der Waals surface area contributed by atoms with Crippen LogP contribution in [0.5, 0.6) is 0 Å². The smallest absolute Gasteiger partial charge is 0.326 e. The number of aliphatic carboxylic acids is 1. The zero-order valence-corrected chi connectivity index (χ0v) is 23.4. The van der Waals surface area contributed by atoms with E-state index < -0.39 is 66.1 Å². The van der Waals surface area contributed by atoms with Gasteiger partial charge in [0, 0.05) is 36.5 Å². The van der Waals surface area contributed by atoms with Gasteiger partial charge in [0.1, 0.15) is 18.1 Å². The third-order valence-electron chi connectivity index (χ3n) is 6.36.